The van der Waals surface area contributed by atoms with Crippen LogP contribution < -0.4 is 5.32 Å². The van der Waals surface area contributed by atoms with Crippen LogP contribution in [0.4, 0.5) is 8.78 Å². The number of carbonyl (C=O) groups excluding carboxylic acids is 1. The van der Waals surface area contributed by atoms with Gasteiger partial charge in [0.15, 0.2) is 5.11 Å². The van der Waals surface area contributed by atoms with E-state index in [9.17, 15) is 13.6 Å². The van der Waals surface area contributed by atoms with Gasteiger partial charge in [0.05, 0.1) is 12.3 Å². The highest BCUT2D eigenvalue weighted by Gasteiger charge is 2.31. The summed E-state index contributed by atoms with van der Waals surface area (Å²) in [7, 11) is 0. The molecule has 1 heterocycles. The van der Waals surface area contributed by atoms with E-state index in [0.29, 0.717) is 17.8 Å². The van der Waals surface area contributed by atoms with Crippen LogP contribution in [-0.2, 0) is 0 Å². The van der Waals surface area contributed by atoms with Crippen LogP contribution in [0.3, 0.4) is 0 Å². The number of amides is 1. The Balaban J connectivity index is 1.61. The summed E-state index contributed by atoms with van der Waals surface area (Å²) in [5, 5.41) is 8.98. The van der Waals surface area contributed by atoms with Crippen molar-refractivity contribution in [1.29, 1.82) is 0 Å². The van der Waals surface area contributed by atoms with Crippen LogP contribution in [0.5, 0.6) is 0 Å². The predicted octanol–water partition coefficient (Wildman–Crippen LogP) is 4.48. The number of nitrogens with one attached hydrogen (secondary N) is 1. The number of carbonyl (C=O) groups is 1. The van der Waals surface area contributed by atoms with E-state index in [-0.39, 0.29) is 28.6 Å². The third kappa shape index (κ3) is 4.26. The Morgan fingerprint density at radius 1 is 0.933 bits per heavy atom. The number of nitrogens with zero attached hydrogens (tertiary/aromatic N) is 2. The van der Waals surface area contributed by atoms with Crippen molar-refractivity contribution in [2.45, 2.75) is 5.92 Å². The van der Waals surface area contributed by atoms with Gasteiger partial charge in [0.1, 0.15) is 11.6 Å². The molecule has 1 unspecified atom stereocenters. The lowest BCUT2D eigenvalue weighted by molar-refractivity contribution is 0.0973. The van der Waals surface area contributed by atoms with Crippen LogP contribution in [0.2, 0.25) is 0 Å². The van der Waals surface area contributed by atoms with Crippen LogP contribution in [0.1, 0.15) is 27.4 Å². The van der Waals surface area contributed by atoms with Gasteiger partial charge < -0.3 is 0 Å². The quantitative estimate of drug-likeness (QED) is 0.634. The molecule has 0 saturated heterocycles. The van der Waals surface area contributed by atoms with Crippen LogP contribution >= 0.6 is 12.2 Å². The number of benzene rings is 3. The highest BCUT2D eigenvalue weighted by molar-refractivity contribution is 7.80. The van der Waals surface area contributed by atoms with E-state index < -0.39 is 0 Å². The van der Waals surface area contributed by atoms with Crippen molar-refractivity contribution in [2.75, 3.05) is 6.54 Å². The van der Waals surface area contributed by atoms with Crippen LogP contribution in [0.15, 0.2) is 84.0 Å². The molecule has 4 nitrogen and oxygen atoms in total. The Labute approximate surface area is 177 Å². The average molecular weight is 421 g/mol. The lowest BCUT2D eigenvalue weighted by Gasteiger charge is -2.17. The summed E-state index contributed by atoms with van der Waals surface area (Å²) in [5.41, 5.74) is 2.72. The number of halogens is 2. The molecule has 30 heavy (non-hydrogen) atoms. The molecule has 0 radical (unpaired) electrons. The van der Waals surface area contributed by atoms with Gasteiger partial charge in [-0.1, -0.05) is 42.5 Å². The molecule has 0 saturated carbocycles. The second-order valence-corrected chi connectivity index (χ2v) is 7.19. The molecular formula is C23H17F2N3OS. The van der Waals surface area contributed by atoms with E-state index in [1.807, 2.05) is 6.07 Å². The molecule has 3 aromatic rings. The molecule has 0 spiro atoms. The lowest BCUT2D eigenvalue weighted by Crippen LogP contribution is -2.39. The molecule has 0 fully saturated rings. The molecule has 150 valence electrons. The second-order valence-electron chi connectivity index (χ2n) is 6.80. The van der Waals surface area contributed by atoms with Crippen LogP contribution in [0.25, 0.3) is 0 Å². The van der Waals surface area contributed by atoms with Gasteiger partial charge in [0.2, 0.25) is 0 Å². The number of thiocarbonyl (C=S) groups is 1. The number of rotatable bonds is 3. The molecule has 0 bridgehead atoms. The van der Waals surface area contributed by atoms with Crippen molar-refractivity contribution in [2.24, 2.45) is 5.10 Å². The SMILES string of the molecule is O=C(NC(=S)N1CC(c2ccc(F)cc2)C(c2ccc(F)cc2)=N1)c1ccccc1. The topological polar surface area (TPSA) is 44.7 Å². The first kappa shape index (κ1) is 19.8. The van der Waals surface area contributed by atoms with Crippen LogP contribution in [0, 0.1) is 11.6 Å². The highest BCUT2D eigenvalue weighted by atomic mass is 32.1. The molecule has 0 aromatic heterocycles. The van der Waals surface area contributed by atoms with Crippen molar-refractivity contribution >= 4 is 28.9 Å². The maximum atomic E-state index is 13.4. The Morgan fingerprint density at radius 3 is 2.17 bits per heavy atom. The van der Waals surface area contributed by atoms with Crippen molar-refractivity contribution in [3.63, 3.8) is 0 Å². The normalized spacial score (nSPS) is 15.6. The van der Waals surface area contributed by atoms with Gasteiger partial charge in [-0.25, -0.2) is 13.8 Å². The molecule has 1 aliphatic heterocycles. The fourth-order valence-corrected chi connectivity index (χ4v) is 3.50. The Hall–Kier alpha value is -3.45. The van der Waals surface area contributed by atoms with Crippen LogP contribution in [-0.4, -0.2) is 28.3 Å². The van der Waals surface area contributed by atoms with Crippen molar-refractivity contribution in [3.8, 4) is 0 Å². The number of hydrogen-bond donors (Lipinski definition) is 1. The maximum Gasteiger partial charge on any atom is 0.257 e. The Kier molecular flexibility index (Phi) is 5.63. The first-order chi connectivity index (χ1) is 14.5. The van der Waals surface area contributed by atoms with Gasteiger partial charge in [-0.2, -0.15) is 5.10 Å². The highest BCUT2D eigenvalue weighted by Crippen LogP contribution is 2.29. The van der Waals surface area contributed by atoms with Crippen molar-refractivity contribution in [1.82, 2.24) is 10.3 Å². The minimum absolute atomic E-state index is 0.160. The van der Waals surface area contributed by atoms with Gasteiger partial charge in [-0.3, -0.25) is 10.1 Å². The maximum absolute atomic E-state index is 13.4. The van der Waals surface area contributed by atoms with E-state index in [4.69, 9.17) is 12.2 Å². The van der Waals surface area contributed by atoms with Crippen molar-refractivity contribution in [3.05, 3.63) is 107 Å². The average Bonchev–Trinajstić information content (AvgIpc) is 3.21. The summed E-state index contributed by atoms with van der Waals surface area (Å²) in [5.74, 6) is -1.23. The molecular weight excluding hydrogens is 404 g/mol. The molecule has 4 rings (SSSR count). The first-order valence-electron chi connectivity index (χ1n) is 9.29. The lowest BCUT2D eigenvalue weighted by atomic mass is 9.90. The molecule has 7 heteroatoms. The zero-order chi connectivity index (χ0) is 21.1. The summed E-state index contributed by atoms with van der Waals surface area (Å²) in [6, 6.07) is 20.9. The minimum atomic E-state index is -0.349. The summed E-state index contributed by atoms with van der Waals surface area (Å²) < 4.78 is 26.8. The van der Waals surface area contributed by atoms with E-state index in [1.54, 1.807) is 48.5 Å². The standard InChI is InChI=1S/C23H17F2N3OS/c24-18-10-6-15(7-11-18)20-14-28(27-21(20)16-8-12-19(25)13-9-16)23(30)26-22(29)17-4-2-1-3-5-17/h1-13,20H,14H2,(H,26,29,30). The van der Waals surface area contributed by atoms with Gasteiger partial charge in [-0.15, -0.1) is 0 Å². The zero-order valence-electron chi connectivity index (χ0n) is 15.8. The third-order valence-electron chi connectivity index (χ3n) is 4.82. The van der Waals surface area contributed by atoms with Gasteiger partial charge in [0.25, 0.3) is 5.91 Å². The molecule has 1 N–H and O–H groups in total. The first-order valence-corrected chi connectivity index (χ1v) is 9.70. The minimum Gasteiger partial charge on any atom is -0.297 e. The summed E-state index contributed by atoms with van der Waals surface area (Å²) >= 11 is 5.40. The smallest absolute Gasteiger partial charge is 0.257 e. The number of hydrazone groups is 1. The largest absolute Gasteiger partial charge is 0.297 e. The molecule has 1 atom stereocenters. The zero-order valence-corrected chi connectivity index (χ0v) is 16.6. The molecule has 1 amide bonds. The predicted molar refractivity (Wildman–Crippen MR) is 115 cm³/mol. The third-order valence-corrected chi connectivity index (χ3v) is 5.13. The Morgan fingerprint density at radius 2 is 1.53 bits per heavy atom. The van der Waals surface area contributed by atoms with Gasteiger partial charge in [-0.05, 0) is 59.7 Å². The fraction of sp³-hybridized carbons (Fsp3) is 0.0870. The monoisotopic (exact) mass is 421 g/mol. The van der Waals surface area contributed by atoms with E-state index >= 15 is 0 Å². The summed E-state index contributed by atoms with van der Waals surface area (Å²) in [4.78, 5) is 12.4. The fourth-order valence-electron chi connectivity index (χ4n) is 3.29. The summed E-state index contributed by atoms with van der Waals surface area (Å²) in [6.45, 7) is 0.367. The molecule has 0 aliphatic carbocycles. The molecule has 3 aromatic carbocycles. The summed E-state index contributed by atoms with van der Waals surface area (Å²) in [6.07, 6.45) is 0. The van der Waals surface area contributed by atoms with Gasteiger partial charge in [0, 0.05) is 11.5 Å². The second kappa shape index (κ2) is 8.51. The van der Waals surface area contributed by atoms with E-state index in [2.05, 4.69) is 10.4 Å². The molecule has 1 aliphatic rings. The van der Waals surface area contributed by atoms with Crippen molar-refractivity contribution < 1.29 is 13.6 Å². The van der Waals surface area contributed by atoms with Gasteiger partial charge >= 0.3 is 0 Å². The Bertz CT molecular complexity index is 1100. The van der Waals surface area contributed by atoms with E-state index in [0.717, 1.165) is 11.1 Å². The number of hydrogen-bond acceptors (Lipinski definition) is 3. The van der Waals surface area contributed by atoms with E-state index in [1.165, 1.54) is 29.3 Å².